The van der Waals surface area contributed by atoms with Crippen molar-refractivity contribution in [2.24, 2.45) is 5.92 Å². The lowest BCUT2D eigenvalue weighted by atomic mass is 10.0. The maximum atomic E-state index is 11.7. The summed E-state index contributed by atoms with van der Waals surface area (Å²) in [6.45, 7) is 3.94. The molecule has 0 aliphatic carbocycles. The molecule has 2 heterocycles. The predicted molar refractivity (Wildman–Crippen MR) is 87.6 cm³/mol. The molecular formula is C13H24N4O3S2. The van der Waals surface area contributed by atoms with E-state index >= 15 is 0 Å². The van der Waals surface area contributed by atoms with Gasteiger partial charge in [0.2, 0.25) is 10.0 Å². The van der Waals surface area contributed by atoms with Crippen molar-refractivity contribution >= 4 is 21.8 Å². The van der Waals surface area contributed by atoms with E-state index in [0.717, 1.165) is 31.4 Å². The van der Waals surface area contributed by atoms with Crippen LogP contribution in [0.15, 0.2) is 9.95 Å². The number of sulfonamides is 1. The molecule has 1 aromatic heterocycles. The lowest BCUT2D eigenvalue weighted by Crippen LogP contribution is -2.39. The van der Waals surface area contributed by atoms with Gasteiger partial charge in [-0.1, -0.05) is 25.1 Å². The number of hydrogen-bond acceptors (Lipinski definition) is 5. The zero-order chi connectivity index (χ0) is 16.2. The summed E-state index contributed by atoms with van der Waals surface area (Å²) in [5.74, 6) is 1.09. The van der Waals surface area contributed by atoms with Crippen molar-refractivity contribution in [2.45, 2.75) is 44.3 Å². The van der Waals surface area contributed by atoms with Crippen molar-refractivity contribution in [1.82, 2.24) is 19.1 Å². The Morgan fingerprint density at radius 3 is 2.91 bits per heavy atom. The van der Waals surface area contributed by atoms with Crippen LogP contribution in [0.2, 0.25) is 0 Å². The van der Waals surface area contributed by atoms with Gasteiger partial charge in [0.15, 0.2) is 5.16 Å². The predicted octanol–water partition coefficient (Wildman–Crippen LogP) is 1.14. The van der Waals surface area contributed by atoms with E-state index in [1.165, 1.54) is 18.0 Å². The summed E-state index contributed by atoms with van der Waals surface area (Å²) >= 11 is 1.54. The molecule has 1 atom stereocenters. The summed E-state index contributed by atoms with van der Waals surface area (Å²) in [4.78, 5) is 11.7. The van der Waals surface area contributed by atoms with Gasteiger partial charge in [0.1, 0.15) is 0 Å². The molecule has 22 heavy (non-hydrogen) atoms. The molecule has 1 fully saturated rings. The fraction of sp³-hybridized carbons (Fsp3) is 0.846. The second-order valence-electron chi connectivity index (χ2n) is 5.76. The van der Waals surface area contributed by atoms with Gasteiger partial charge in [-0.15, -0.1) is 5.10 Å². The van der Waals surface area contributed by atoms with E-state index < -0.39 is 10.0 Å². The number of rotatable bonds is 7. The lowest BCUT2D eigenvalue weighted by molar-refractivity contribution is 0.286. The van der Waals surface area contributed by atoms with Crippen LogP contribution >= 0.6 is 11.8 Å². The van der Waals surface area contributed by atoms with E-state index in [1.807, 2.05) is 0 Å². The average Bonchev–Trinajstić information content (AvgIpc) is 2.83. The van der Waals surface area contributed by atoms with Crippen LogP contribution in [0, 0.1) is 5.92 Å². The Balaban J connectivity index is 1.94. The molecule has 0 amide bonds. The molecule has 7 nitrogen and oxygen atoms in total. The van der Waals surface area contributed by atoms with Crippen LogP contribution in [0.5, 0.6) is 0 Å². The third-order valence-electron chi connectivity index (χ3n) is 3.86. The van der Waals surface area contributed by atoms with Crippen molar-refractivity contribution in [3.8, 4) is 0 Å². The van der Waals surface area contributed by atoms with Crippen LogP contribution in [0.1, 0.15) is 32.6 Å². The van der Waals surface area contributed by atoms with E-state index in [2.05, 4.69) is 17.1 Å². The molecule has 1 aromatic rings. The van der Waals surface area contributed by atoms with E-state index in [0.29, 0.717) is 30.7 Å². The largest absolute Gasteiger partial charge is 0.343 e. The maximum Gasteiger partial charge on any atom is 0.343 e. The third-order valence-corrected chi connectivity index (χ3v) is 6.34. The first-order chi connectivity index (χ1) is 10.4. The first-order valence-corrected chi connectivity index (χ1v) is 10.5. The van der Waals surface area contributed by atoms with E-state index in [9.17, 15) is 13.2 Å². The molecule has 9 heteroatoms. The summed E-state index contributed by atoms with van der Waals surface area (Å²) in [6, 6.07) is 0. The lowest BCUT2D eigenvalue weighted by Gasteiger charge is -2.30. The first-order valence-electron chi connectivity index (χ1n) is 7.65. The normalized spacial score (nSPS) is 20.4. The van der Waals surface area contributed by atoms with Crippen LogP contribution in [0.3, 0.4) is 0 Å². The minimum Gasteiger partial charge on any atom is -0.270 e. The highest BCUT2D eigenvalue weighted by atomic mass is 32.2. The molecule has 1 N–H and O–H groups in total. The SMILES string of the molecule is CCCCn1c(SCC2CCCN(S(C)(=O)=O)C2)n[nH]c1=O. The molecular weight excluding hydrogens is 324 g/mol. The minimum absolute atomic E-state index is 0.169. The van der Waals surface area contributed by atoms with Crippen molar-refractivity contribution in [3.63, 3.8) is 0 Å². The molecule has 1 saturated heterocycles. The number of aromatic nitrogens is 3. The molecule has 0 spiro atoms. The van der Waals surface area contributed by atoms with Gasteiger partial charge in [0, 0.05) is 25.4 Å². The van der Waals surface area contributed by atoms with Crippen LogP contribution < -0.4 is 5.69 Å². The van der Waals surface area contributed by atoms with E-state index in [4.69, 9.17) is 0 Å². The van der Waals surface area contributed by atoms with Crippen molar-refractivity contribution < 1.29 is 8.42 Å². The van der Waals surface area contributed by atoms with Crippen LogP contribution in [0.25, 0.3) is 0 Å². The van der Waals surface area contributed by atoms with Gasteiger partial charge >= 0.3 is 5.69 Å². The second-order valence-corrected chi connectivity index (χ2v) is 8.73. The summed E-state index contributed by atoms with van der Waals surface area (Å²) in [6.07, 6.45) is 5.13. The maximum absolute atomic E-state index is 11.7. The molecule has 1 aliphatic heterocycles. The van der Waals surface area contributed by atoms with Gasteiger partial charge in [-0.05, 0) is 25.2 Å². The summed E-state index contributed by atoms with van der Waals surface area (Å²) in [7, 11) is -3.11. The number of nitrogens with zero attached hydrogens (tertiary/aromatic N) is 3. The Labute approximate surface area is 135 Å². The zero-order valence-corrected chi connectivity index (χ0v) is 14.8. The Bertz CT molecular complexity index is 638. The molecule has 0 saturated carbocycles. The third kappa shape index (κ3) is 4.60. The van der Waals surface area contributed by atoms with Gasteiger partial charge in [0.05, 0.1) is 6.26 Å². The summed E-state index contributed by atoms with van der Waals surface area (Å²) in [5.41, 5.74) is -0.169. The number of thioether (sulfide) groups is 1. The summed E-state index contributed by atoms with van der Waals surface area (Å²) < 4.78 is 26.5. The Kier molecular flexibility index (Phi) is 6.10. The number of hydrogen-bond donors (Lipinski definition) is 1. The van der Waals surface area contributed by atoms with E-state index in [1.54, 1.807) is 8.87 Å². The van der Waals surface area contributed by atoms with Gasteiger partial charge < -0.3 is 0 Å². The van der Waals surface area contributed by atoms with Gasteiger partial charge in [-0.25, -0.2) is 22.6 Å². The van der Waals surface area contributed by atoms with Crippen LogP contribution in [0.4, 0.5) is 0 Å². The molecule has 0 radical (unpaired) electrons. The monoisotopic (exact) mass is 348 g/mol. The highest BCUT2D eigenvalue weighted by Gasteiger charge is 2.26. The first kappa shape index (κ1) is 17.6. The highest BCUT2D eigenvalue weighted by Crippen LogP contribution is 2.25. The van der Waals surface area contributed by atoms with Crippen molar-refractivity contribution in [3.05, 3.63) is 10.5 Å². The second kappa shape index (κ2) is 7.65. The van der Waals surface area contributed by atoms with Crippen molar-refractivity contribution in [2.75, 3.05) is 25.1 Å². The molecule has 0 aromatic carbocycles. The molecule has 1 unspecified atom stereocenters. The molecule has 1 aliphatic rings. The number of H-pyrrole nitrogens is 1. The Morgan fingerprint density at radius 1 is 1.45 bits per heavy atom. The van der Waals surface area contributed by atoms with Gasteiger partial charge in [-0.2, -0.15) is 0 Å². The molecule has 0 bridgehead atoms. The topological polar surface area (TPSA) is 88.1 Å². The quantitative estimate of drug-likeness (QED) is 0.747. The summed E-state index contributed by atoms with van der Waals surface area (Å²) in [5, 5.41) is 7.28. The minimum atomic E-state index is -3.11. The van der Waals surface area contributed by atoms with Crippen LogP contribution in [-0.2, 0) is 16.6 Å². The van der Waals surface area contributed by atoms with Gasteiger partial charge in [-0.3, -0.25) is 4.57 Å². The number of nitrogens with one attached hydrogen (secondary N) is 1. The number of unbranched alkanes of at least 4 members (excludes halogenated alkanes) is 1. The van der Waals surface area contributed by atoms with Crippen LogP contribution in [-0.4, -0.2) is 52.6 Å². The molecule has 2 rings (SSSR count). The number of piperidine rings is 1. The fourth-order valence-corrected chi connectivity index (χ4v) is 4.62. The Hall–Kier alpha value is -0.800. The smallest absolute Gasteiger partial charge is 0.270 e. The average molecular weight is 348 g/mol. The van der Waals surface area contributed by atoms with Gasteiger partial charge in [0.25, 0.3) is 0 Å². The molecule has 126 valence electrons. The standard InChI is InChI=1S/C13H24N4O3S2/c1-3-4-8-17-12(18)14-15-13(17)21-10-11-6-5-7-16(9-11)22(2,19)20/h11H,3-10H2,1-2H3,(H,14,18). The Morgan fingerprint density at radius 2 is 2.23 bits per heavy atom. The zero-order valence-electron chi connectivity index (χ0n) is 13.1. The fourth-order valence-electron chi connectivity index (χ4n) is 2.58. The van der Waals surface area contributed by atoms with Crippen molar-refractivity contribution in [1.29, 1.82) is 0 Å². The highest BCUT2D eigenvalue weighted by molar-refractivity contribution is 7.99. The number of aromatic amines is 1. The van der Waals surface area contributed by atoms with E-state index in [-0.39, 0.29) is 5.69 Å².